The molecule has 1 aromatic carbocycles. The number of guanidine groups is 1. The van der Waals surface area contributed by atoms with Gasteiger partial charge in [-0.15, -0.1) is 24.0 Å². The topological polar surface area (TPSA) is 83.5 Å². The van der Waals surface area contributed by atoms with E-state index in [1.807, 2.05) is 33.9 Å². The Morgan fingerprint density at radius 3 is 2.31 bits per heavy atom. The molecule has 1 N–H and O–H groups in total. The summed E-state index contributed by atoms with van der Waals surface area (Å²) in [6.45, 7) is 8.52. The lowest BCUT2D eigenvalue weighted by molar-refractivity contribution is -0.131. The third kappa shape index (κ3) is 8.08. The fourth-order valence-electron chi connectivity index (χ4n) is 2.71. The van der Waals surface area contributed by atoms with Gasteiger partial charge in [0.05, 0.1) is 27.3 Å². The summed E-state index contributed by atoms with van der Waals surface area (Å²) in [6.07, 6.45) is 0. The molecule has 0 aromatic heterocycles. The molecule has 0 radical (unpaired) electrons. The number of benzene rings is 1. The summed E-state index contributed by atoms with van der Waals surface area (Å²) >= 11 is 0. The van der Waals surface area contributed by atoms with Crippen molar-refractivity contribution in [2.45, 2.75) is 27.3 Å². The van der Waals surface area contributed by atoms with Crippen LogP contribution in [0.1, 0.15) is 36.7 Å². The lowest BCUT2D eigenvalue weighted by Gasteiger charge is -2.25. The highest BCUT2D eigenvalue weighted by molar-refractivity contribution is 14.0. The second-order valence-corrected chi connectivity index (χ2v) is 6.12. The summed E-state index contributed by atoms with van der Waals surface area (Å²) < 4.78 is 10.0. The Morgan fingerprint density at radius 2 is 1.79 bits per heavy atom. The van der Waals surface area contributed by atoms with Gasteiger partial charge in [0.2, 0.25) is 5.91 Å². The SMILES string of the molecule is CCNC(=NCc1ccc(OC)c(C(=O)OC)c1)N(C)CC(=O)N(CC)CC.I. The monoisotopic (exact) mass is 520 g/mol. The van der Waals surface area contributed by atoms with Gasteiger partial charge in [0.1, 0.15) is 11.3 Å². The van der Waals surface area contributed by atoms with Crippen LogP contribution in [0.2, 0.25) is 0 Å². The number of halogens is 1. The fraction of sp³-hybridized carbons (Fsp3) is 0.550. The Morgan fingerprint density at radius 1 is 1.14 bits per heavy atom. The van der Waals surface area contributed by atoms with E-state index in [4.69, 9.17) is 9.47 Å². The molecule has 1 aromatic rings. The number of esters is 1. The van der Waals surface area contributed by atoms with Gasteiger partial charge in [-0.05, 0) is 38.5 Å². The van der Waals surface area contributed by atoms with Crippen molar-refractivity contribution >= 4 is 41.8 Å². The van der Waals surface area contributed by atoms with E-state index in [-0.39, 0.29) is 36.4 Å². The van der Waals surface area contributed by atoms with Gasteiger partial charge in [-0.3, -0.25) is 4.79 Å². The molecule has 0 saturated carbocycles. The van der Waals surface area contributed by atoms with Crippen LogP contribution in [0.25, 0.3) is 0 Å². The smallest absolute Gasteiger partial charge is 0.341 e. The molecule has 0 fully saturated rings. The Hall–Kier alpha value is -2.04. The highest BCUT2D eigenvalue weighted by Crippen LogP contribution is 2.21. The van der Waals surface area contributed by atoms with E-state index in [1.165, 1.54) is 14.2 Å². The second kappa shape index (κ2) is 14.0. The van der Waals surface area contributed by atoms with Gasteiger partial charge in [0.15, 0.2) is 5.96 Å². The van der Waals surface area contributed by atoms with Gasteiger partial charge in [0, 0.05) is 26.7 Å². The molecular weight excluding hydrogens is 487 g/mol. The fourth-order valence-corrected chi connectivity index (χ4v) is 2.71. The van der Waals surface area contributed by atoms with Crippen LogP contribution in [0, 0.1) is 0 Å². The largest absolute Gasteiger partial charge is 0.496 e. The van der Waals surface area contributed by atoms with Crippen LogP contribution in [-0.2, 0) is 16.1 Å². The highest BCUT2D eigenvalue weighted by atomic mass is 127. The number of rotatable bonds is 9. The summed E-state index contributed by atoms with van der Waals surface area (Å²) in [4.78, 5) is 32.5. The van der Waals surface area contributed by atoms with E-state index in [1.54, 1.807) is 21.9 Å². The number of amides is 1. The van der Waals surface area contributed by atoms with Crippen molar-refractivity contribution < 1.29 is 19.1 Å². The van der Waals surface area contributed by atoms with Crippen molar-refractivity contribution in [2.75, 3.05) is 47.4 Å². The molecule has 0 saturated heterocycles. The molecule has 1 amide bonds. The van der Waals surface area contributed by atoms with Crippen LogP contribution in [0.3, 0.4) is 0 Å². The van der Waals surface area contributed by atoms with Crippen molar-refractivity contribution in [3.05, 3.63) is 29.3 Å². The first kappa shape index (κ1) is 27.0. The number of hydrogen-bond acceptors (Lipinski definition) is 5. The van der Waals surface area contributed by atoms with Crippen molar-refractivity contribution in [1.29, 1.82) is 0 Å². The molecule has 0 bridgehead atoms. The molecule has 0 unspecified atom stereocenters. The average Bonchev–Trinajstić information content (AvgIpc) is 2.70. The molecule has 0 atom stereocenters. The van der Waals surface area contributed by atoms with E-state index >= 15 is 0 Å². The minimum absolute atomic E-state index is 0. The maximum atomic E-state index is 12.4. The Bertz CT molecular complexity index is 693. The highest BCUT2D eigenvalue weighted by Gasteiger charge is 2.16. The number of nitrogens with one attached hydrogen (secondary N) is 1. The number of aliphatic imine (C=N–C) groups is 1. The van der Waals surface area contributed by atoms with Crippen molar-refractivity contribution in [3.8, 4) is 5.75 Å². The van der Waals surface area contributed by atoms with Gasteiger partial charge in [0.25, 0.3) is 0 Å². The van der Waals surface area contributed by atoms with Crippen LogP contribution in [-0.4, -0.2) is 75.1 Å². The molecule has 0 heterocycles. The predicted octanol–water partition coefficient (Wildman–Crippen LogP) is 2.37. The van der Waals surface area contributed by atoms with Crippen LogP contribution < -0.4 is 10.1 Å². The van der Waals surface area contributed by atoms with Gasteiger partial charge >= 0.3 is 5.97 Å². The van der Waals surface area contributed by atoms with E-state index in [0.717, 1.165) is 5.56 Å². The third-order valence-electron chi connectivity index (χ3n) is 4.27. The summed E-state index contributed by atoms with van der Waals surface area (Å²) in [7, 11) is 4.67. The molecule has 164 valence electrons. The number of nitrogens with zero attached hydrogens (tertiary/aromatic N) is 3. The van der Waals surface area contributed by atoms with Gasteiger partial charge in [-0.1, -0.05) is 6.07 Å². The second-order valence-electron chi connectivity index (χ2n) is 6.12. The van der Waals surface area contributed by atoms with E-state index in [0.29, 0.717) is 43.5 Å². The van der Waals surface area contributed by atoms with E-state index in [9.17, 15) is 9.59 Å². The maximum absolute atomic E-state index is 12.4. The lowest BCUT2D eigenvalue weighted by Crippen LogP contribution is -2.45. The quantitative estimate of drug-likeness (QED) is 0.233. The number of ether oxygens (including phenoxy) is 2. The maximum Gasteiger partial charge on any atom is 0.341 e. The molecule has 8 nitrogen and oxygen atoms in total. The Labute approximate surface area is 190 Å². The lowest BCUT2D eigenvalue weighted by atomic mass is 10.1. The third-order valence-corrected chi connectivity index (χ3v) is 4.27. The number of methoxy groups -OCH3 is 2. The van der Waals surface area contributed by atoms with Crippen molar-refractivity contribution in [1.82, 2.24) is 15.1 Å². The average molecular weight is 520 g/mol. The van der Waals surface area contributed by atoms with Gasteiger partial charge in [-0.2, -0.15) is 0 Å². The van der Waals surface area contributed by atoms with Crippen LogP contribution in [0.4, 0.5) is 0 Å². The first-order valence-corrected chi connectivity index (χ1v) is 9.44. The van der Waals surface area contributed by atoms with Gasteiger partial charge < -0.3 is 24.6 Å². The summed E-state index contributed by atoms with van der Waals surface area (Å²) in [5.74, 6) is 0.666. The molecule has 9 heteroatoms. The van der Waals surface area contributed by atoms with Crippen molar-refractivity contribution in [2.24, 2.45) is 4.99 Å². The summed E-state index contributed by atoms with van der Waals surface area (Å²) in [6, 6.07) is 5.27. The van der Waals surface area contributed by atoms with Crippen molar-refractivity contribution in [3.63, 3.8) is 0 Å². The molecule has 1 rings (SSSR count). The number of likely N-dealkylation sites (N-methyl/N-ethyl adjacent to an activating group) is 2. The van der Waals surface area contributed by atoms with E-state index < -0.39 is 5.97 Å². The zero-order valence-electron chi connectivity index (χ0n) is 18.2. The minimum atomic E-state index is -0.462. The molecular formula is C20H33IN4O4. The zero-order chi connectivity index (χ0) is 21.1. The van der Waals surface area contributed by atoms with E-state index in [2.05, 4.69) is 10.3 Å². The summed E-state index contributed by atoms with van der Waals surface area (Å²) in [5, 5.41) is 3.19. The van der Waals surface area contributed by atoms with Gasteiger partial charge in [-0.25, -0.2) is 9.79 Å². The number of hydrogen-bond donors (Lipinski definition) is 1. The zero-order valence-corrected chi connectivity index (χ0v) is 20.5. The molecule has 0 aliphatic carbocycles. The van der Waals surface area contributed by atoms with Crippen LogP contribution in [0.15, 0.2) is 23.2 Å². The molecule has 0 spiro atoms. The number of carbonyl (C=O) groups excluding carboxylic acids is 2. The number of carbonyl (C=O) groups is 2. The predicted molar refractivity (Wildman–Crippen MR) is 125 cm³/mol. The molecule has 29 heavy (non-hydrogen) atoms. The van der Waals surface area contributed by atoms with Crippen LogP contribution >= 0.6 is 24.0 Å². The minimum Gasteiger partial charge on any atom is -0.496 e. The first-order valence-electron chi connectivity index (χ1n) is 9.44. The van der Waals surface area contributed by atoms with Crippen LogP contribution in [0.5, 0.6) is 5.75 Å². The summed E-state index contributed by atoms with van der Waals surface area (Å²) in [5.41, 5.74) is 1.19. The first-order chi connectivity index (χ1) is 13.4. The molecule has 0 aliphatic heterocycles. The molecule has 0 aliphatic rings. The standard InChI is InChI=1S/C20H32N4O4.HI/c1-7-21-20(23(4)14-18(25)24(8-2)9-3)22-13-15-10-11-17(27-5)16(12-15)19(26)28-6;/h10-12H,7-9,13-14H2,1-6H3,(H,21,22);1H. The Balaban J connectivity index is 0.00000784. The normalized spacial score (nSPS) is 10.6. The Kier molecular flexibility index (Phi) is 13.0.